The van der Waals surface area contributed by atoms with Crippen molar-refractivity contribution in [3.8, 4) is 17.2 Å². The molecule has 0 bridgehead atoms. The molecule has 4 nitrogen and oxygen atoms in total. The number of aromatic amines is 1. The maximum atomic E-state index is 13.6. The molecule has 1 N–H and O–H groups in total. The van der Waals surface area contributed by atoms with Gasteiger partial charge in [-0.3, -0.25) is 0 Å². The van der Waals surface area contributed by atoms with Crippen LogP contribution in [-0.2, 0) is 0 Å². The number of para-hydroxylation sites is 1. The molecule has 0 aliphatic carbocycles. The third kappa shape index (κ3) is 1.90. The lowest BCUT2D eigenvalue weighted by Gasteiger charge is -2.04. The second-order valence-electron chi connectivity index (χ2n) is 3.88. The number of aromatic nitrogens is 2. The fourth-order valence-electron chi connectivity index (χ4n) is 1.91. The number of hydrogen-bond donors (Lipinski definition) is 1. The Kier molecular flexibility index (Phi) is 2.79. The molecule has 0 radical (unpaired) electrons. The first-order chi connectivity index (χ1) is 9.20. The monoisotopic (exact) mass is 276 g/mol. The average molecular weight is 276 g/mol. The van der Waals surface area contributed by atoms with Crippen molar-refractivity contribution in [2.24, 2.45) is 0 Å². The summed E-state index contributed by atoms with van der Waals surface area (Å²) in [5.74, 6) is 0.442. The van der Waals surface area contributed by atoms with E-state index in [0.29, 0.717) is 27.2 Å². The van der Waals surface area contributed by atoms with E-state index in [9.17, 15) is 4.39 Å². The van der Waals surface area contributed by atoms with E-state index in [-0.39, 0.29) is 5.58 Å². The number of rotatable bonds is 2. The Hall–Kier alpha value is -2.21. The first-order valence-electron chi connectivity index (χ1n) is 5.51. The van der Waals surface area contributed by atoms with Crippen LogP contribution in [0.25, 0.3) is 22.4 Å². The minimum atomic E-state index is -0.407. The molecule has 0 aliphatic rings. The lowest BCUT2D eigenvalue weighted by Crippen LogP contribution is -1.93. The number of nitrogens with one attached hydrogen (secondary N) is 1. The van der Waals surface area contributed by atoms with E-state index in [1.54, 1.807) is 18.2 Å². The van der Waals surface area contributed by atoms with Gasteiger partial charge in [0.1, 0.15) is 5.69 Å². The number of ether oxygens (including phenoxy) is 1. The van der Waals surface area contributed by atoms with Crippen molar-refractivity contribution >= 4 is 23.2 Å². The molecule has 2 heterocycles. The Bertz CT molecular complexity index is 810. The highest BCUT2D eigenvalue weighted by Gasteiger charge is 2.15. The number of H-pyrrole nitrogens is 1. The third-order valence-electron chi connectivity index (χ3n) is 2.76. The van der Waals surface area contributed by atoms with E-state index in [4.69, 9.17) is 21.4 Å². The molecule has 0 unspecified atom stereocenters. The van der Waals surface area contributed by atoms with Gasteiger partial charge in [-0.15, -0.1) is 0 Å². The Morgan fingerprint density at radius 2 is 2.26 bits per heavy atom. The van der Waals surface area contributed by atoms with E-state index >= 15 is 0 Å². The zero-order valence-corrected chi connectivity index (χ0v) is 10.8. The van der Waals surface area contributed by atoms with Crippen LogP contribution in [0.4, 0.5) is 4.39 Å². The maximum absolute atomic E-state index is 13.6. The molecule has 0 amide bonds. The van der Waals surface area contributed by atoms with Gasteiger partial charge >= 0.3 is 0 Å². The van der Waals surface area contributed by atoms with Gasteiger partial charge in [-0.05, 0) is 12.1 Å². The highest BCUT2D eigenvalue weighted by atomic mass is 32.1. The zero-order valence-electron chi connectivity index (χ0n) is 9.94. The number of hydrogen-bond acceptors (Lipinski definition) is 4. The van der Waals surface area contributed by atoms with Crippen molar-refractivity contribution in [2.75, 3.05) is 7.11 Å². The van der Waals surface area contributed by atoms with Gasteiger partial charge in [0, 0.05) is 5.39 Å². The first-order valence-corrected chi connectivity index (χ1v) is 5.91. The van der Waals surface area contributed by atoms with Gasteiger partial charge in [-0.25, -0.2) is 9.37 Å². The molecule has 1 aromatic carbocycles. The van der Waals surface area contributed by atoms with E-state index in [1.165, 1.54) is 19.5 Å². The largest absolute Gasteiger partial charge is 0.491 e. The van der Waals surface area contributed by atoms with Crippen LogP contribution < -0.4 is 4.74 Å². The van der Waals surface area contributed by atoms with Crippen LogP contribution in [0, 0.1) is 10.5 Å². The third-order valence-corrected chi connectivity index (χ3v) is 3.05. The van der Waals surface area contributed by atoms with Crippen LogP contribution in [0.1, 0.15) is 0 Å². The molecule has 6 heteroatoms. The minimum Gasteiger partial charge on any atom is -0.491 e. The fourth-order valence-corrected chi connectivity index (χ4v) is 2.15. The van der Waals surface area contributed by atoms with E-state index in [1.807, 2.05) is 0 Å². The van der Waals surface area contributed by atoms with Crippen molar-refractivity contribution in [1.82, 2.24) is 9.97 Å². The number of nitrogens with zero attached hydrogens (tertiary/aromatic N) is 1. The normalized spacial score (nSPS) is 10.8. The number of halogens is 1. The second kappa shape index (κ2) is 4.47. The smallest absolute Gasteiger partial charge is 0.183 e. The van der Waals surface area contributed by atoms with Crippen molar-refractivity contribution in [1.29, 1.82) is 0 Å². The summed E-state index contributed by atoms with van der Waals surface area (Å²) >= 11 is 5.07. The highest BCUT2D eigenvalue weighted by molar-refractivity contribution is 7.71. The van der Waals surface area contributed by atoms with Crippen LogP contribution in [0.2, 0.25) is 0 Å². The van der Waals surface area contributed by atoms with Crippen LogP contribution >= 0.6 is 12.2 Å². The highest BCUT2D eigenvalue weighted by Crippen LogP contribution is 2.33. The summed E-state index contributed by atoms with van der Waals surface area (Å²) in [6, 6.07) is 6.47. The van der Waals surface area contributed by atoms with Crippen LogP contribution in [0.15, 0.2) is 35.0 Å². The Balaban J connectivity index is 2.28. The molecule has 0 atom stereocenters. The Labute approximate surface area is 112 Å². The van der Waals surface area contributed by atoms with Gasteiger partial charge in [-0.2, -0.15) is 0 Å². The van der Waals surface area contributed by atoms with E-state index in [0.717, 1.165) is 0 Å². The predicted octanol–water partition coefficient (Wildman–Crippen LogP) is 3.70. The Morgan fingerprint density at radius 1 is 1.42 bits per heavy atom. The molecule has 0 aliphatic heterocycles. The van der Waals surface area contributed by atoms with Crippen LogP contribution in [0.5, 0.6) is 5.75 Å². The first kappa shape index (κ1) is 11.9. The summed E-state index contributed by atoms with van der Waals surface area (Å²) in [7, 11) is 1.49. The number of fused-ring (bicyclic) bond motifs is 1. The fraction of sp³-hybridized carbons (Fsp3) is 0.0769. The van der Waals surface area contributed by atoms with Crippen molar-refractivity contribution in [2.45, 2.75) is 0 Å². The standard InChI is InChI=1S/C13H9FN2O2S/c1-17-12-10(15-6-16-13(12)19)9-5-7-3-2-4-8(14)11(7)18-9/h2-6H,1H3,(H,15,16,19). The van der Waals surface area contributed by atoms with Crippen LogP contribution in [-0.4, -0.2) is 17.1 Å². The van der Waals surface area contributed by atoms with Gasteiger partial charge in [-0.1, -0.05) is 24.4 Å². The number of furan rings is 1. The van der Waals surface area contributed by atoms with Crippen molar-refractivity contribution in [3.05, 3.63) is 41.1 Å². The van der Waals surface area contributed by atoms with Gasteiger partial charge < -0.3 is 14.1 Å². The molecular weight excluding hydrogens is 267 g/mol. The number of methoxy groups -OCH3 is 1. The molecular formula is C13H9FN2O2S. The molecule has 0 saturated heterocycles. The van der Waals surface area contributed by atoms with E-state index < -0.39 is 5.82 Å². The minimum absolute atomic E-state index is 0.204. The molecule has 3 rings (SSSR count). The van der Waals surface area contributed by atoms with Gasteiger partial charge in [0.25, 0.3) is 0 Å². The van der Waals surface area contributed by atoms with E-state index in [2.05, 4.69) is 9.97 Å². The zero-order chi connectivity index (χ0) is 13.4. The molecule has 96 valence electrons. The summed E-state index contributed by atoms with van der Waals surface area (Å²) in [6.07, 6.45) is 1.45. The molecule has 2 aromatic heterocycles. The topological polar surface area (TPSA) is 51.0 Å². The Morgan fingerprint density at radius 3 is 3.00 bits per heavy atom. The summed E-state index contributed by atoms with van der Waals surface area (Å²) in [6.45, 7) is 0. The van der Waals surface area contributed by atoms with Crippen LogP contribution in [0.3, 0.4) is 0 Å². The number of benzene rings is 1. The summed E-state index contributed by atoms with van der Waals surface area (Å²) in [4.78, 5) is 6.83. The molecule has 0 saturated carbocycles. The van der Waals surface area contributed by atoms with Gasteiger partial charge in [0.15, 0.2) is 27.6 Å². The predicted molar refractivity (Wildman–Crippen MR) is 71.1 cm³/mol. The van der Waals surface area contributed by atoms with Crippen molar-refractivity contribution < 1.29 is 13.5 Å². The summed E-state index contributed by atoms with van der Waals surface area (Å²) in [5, 5.41) is 0.674. The lowest BCUT2D eigenvalue weighted by molar-refractivity contribution is 0.409. The molecule has 3 aromatic rings. The lowest BCUT2D eigenvalue weighted by atomic mass is 10.2. The summed E-state index contributed by atoms with van der Waals surface area (Å²) < 4.78 is 24.7. The quantitative estimate of drug-likeness (QED) is 0.725. The molecule has 19 heavy (non-hydrogen) atoms. The van der Waals surface area contributed by atoms with Gasteiger partial charge in [0.05, 0.1) is 13.4 Å². The van der Waals surface area contributed by atoms with Gasteiger partial charge in [0.2, 0.25) is 0 Å². The second-order valence-corrected chi connectivity index (χ2v) is 4.27. The molecule has 0 fully saturated rings. The summed E-state index contributed by atoms with van der Waals surface area (Å²) in [5.41, 5.74) is 0.744. The maximum Gasteiger partial charge on any atom is 0.183 e. The molecule has 0 spiro atoms. The van der Waals surface area contributed by atoms with Crippen molar-refractivity contribution in [3.63, 3.8) is 0 Å². The SMILES string of the molecule is COc1c(-c2cc3cccc(F)c3o2)[nH]cnc1=S. The average Bonchev–Trinajstić information content (AvgIpc) is 2.84.